The van der Waals surface area contributed by atoms with Crippen molar-refractivity contribution in [3.05, 3.63) is 59.2 Å². The molecule has 0 aromatic heterocycles. The third-order valence-corrected chi connectivity index (χ3v) is 6.16. The van der Waals surface area contributed by atoms with Crippen LogP contribution in [0.1, 0.15) is 47.7 Å². The number of urea groups is 1. The van der Waals surface area contributed by atoms with Crippen LogP contribution in [0.2, 0.25) is 0 Å². The smallest absolute Gasteiger partial charge is 0.325 e. The maximum Gasteiger partial charge on any atom is 0.325 e. The molecule has 4 rings (SSSR count). The summed E-state index contributed by atoms with van der Waals surface area (Å²) in [4.78, 5) is 51.8. The van der Waals surface area contributed by atoms with Gasteiger partial charge in [-0.15, -0.1) is 0 Å². The van der Waals surface area contributed by atoms with Crippen molar-refractivity contribution in [3.8, 4) is 11.5 Å². The molecular weight excluding hydrogens is 452 g/mol. The Morgan fingerprint density at radius 3 is 2.69 bits per heavy atom. The van der Waals surface area contributed by atoms with Crippen molar-refractivity contribution in [1.29, 1.82) is 0 Å². The van der Waals surface area contributed by atoms with Gasteiger partial charge in [0.05, 0.1) is 13.7 Å². The van der Waals surface area contributed by atoms with E-state index in [1.165, 1.54) is 19.2 Å². The standard InChI is InChI=1S/C25H28N4O6/c1-3-13-35-19-11-10-17(14-20(19)34-2)22(31)28-27-21(30)15-29-23(32)25(26-24(29)33)12-6-8-16-7-4-5-9-18(16)25/h4-5,7,9-11,14H,3,6,8,12-13,15H2,1-2H3,(H,26,33)(H,27,30)(H,28,31). The molecule has 10 nitrogen and oxygen atoms in total. The highest BCUT2D eigenvalue weighted by atomic mass is 16.5. The van der Waals surface area contributed by atoms with Crippen LogP contribution in [0.25, 0.3) is 0 Å². The summed E-state index contributed by atoms with van der Waals surface area (Å²) in [6.45, 7) is 1.96. The Hall–Kier alpha value is -4.08. The van der Waals surface area contributed by atoms with Crippen molar-refractivity contribution in [2.45, 2.75) is 38.1 Å². The van der Waals surface area contributed by atoms with Crippen molar-refractivity contribution in [2.75, 3.05) is 20.3 Å². The molecule has 1 aliphatic heterocycles. The van der Waals surface area contributed by atoms with E-state index in [0.717, 1.165) is 35.3 Å². The molecule has 2 aromatic carbocycles. The summed E-state index contributed by atoms with van der Waals surface area (Å²) >= 11 is 0. The van der Waals surface area contributed by atoms with E-state index in [0.29, 0.717) is 24.5 Å². The quantitative estimate of drug-likeness (QED) is 0.411. The monoisotopic (exact) mass is 480 g/mol. The average molecular weight is 481 g/mol. The van der Waals surface area contributed by atoms with Gasteiger partial charge in [-0.05, 0) is 55.0 Å². The molecule has 0 bridgehead atoms. The highest BCUT2D eigenvalue weighted by molar-refractivity contribution is 6.09. The zero-order chi connectivity index (χ0) is 25.0. The van der Waals surface area contributed by atoms with Crippen LogP contribution in [0.3, 0.4) is 0 Å². The maximum atomic E-state index is 13.3. The summed E-state index contributed by atoms with van der Waals surface area (Å²) < 4.78 is 10.8. The molecule has 1 fully saturated rings. The van der Waals surface area contributed by atoms with Gasteiger partial charge in [0.2, 0.25) is 0 Å². The molecule has 5 amide bonds. The van der Waals surface area contributed by atoms with E-state index in [1.54, 1.807) is 6.07 Å². The number of amides is 5. The van der Waals surface area contributed by atoms with Gasteiger partial charge in [-0.2, -0.15) is 0 Å². The Bertz CT molecular complexity index is 1170. The first kappa shape index (κ1) is 24.1. The molecule has 1 unspecified atom stereocenters. The Balaban J connectivity index is 1.38. The minimum Gasteiger partial charge on any atom is -0.493 e. The first-order valence-electron chi connectivity index (χ1n) is 11.5. The van der Waals surface area contributed by atoms with E-state index >= 15 is 0 Å². The highest BCUT2D eigenvalue weighted by Crippen LogP contribution is 2.39. The summed E-state index contributed by atoms with van der Waals surface area (Å²) in [5.74, 6) is -0.878. The van der Waals surface area contributed by atoms with E-state index in [-0.39, 0.29) is 5.56 Å². The normalized spacial score (nSPS) is 18.6. The van der Waals surface area contributed by atoms with Gasteiger partial charge in [0.1, 0.15) is 12.1 Å². The highest BCUT2D eigenvalue weighted by Gasteiger charge is 2.54. The average Bonchev–Trinajstić information content (AvgIpc) is 3.10. The van der Waals surface area contributed by atoms with Crippen LogP contribution >= 0.6 is 0 Å². The van der Waals surface area contributed by atoms with E-state index < -0.39 is 35.8 Å². The number of ether oxygens (including phenoxy) is 2. The van der Waals surface area contributed by atoms with Crippen LogP contribution in [0.15, 0.2) is 42.5 Å². The molecule has 2 aliphatic rings. The lowest BCUT2D eigenvalue weighted by Crippen LogP contribution is -2.49. The second-order valence-electron chi connectivity index (χ2n) is 8.45. The van der Waals surface area contributed by atoms with Gasteiger partial charge in [0.15, 0.2) is 11.5 Å². The first-order valence-corrected chi connectivity index (χ1v) is 11.5. The number of imide groups is 1. The third-order valence-electron chi connectivity index (χ3n) is 6.16. The zero-order valence-corrected chi connectivity index (χ0v) is 19.7. The van der Waals surface area contributed by atoms with E-state index in [1.807, 2.05) is 31.2 Å². The topological polar surface area (TPSA) is 126 Å². The Kier molecular flexibility index (Phi) is 6.90. The van der Waals surface area contributed by atoms with Crippen LogP contribution in [-0.2, 0) is 21.5 Å². The van der Waals surface area contributed by atoms with E-state index in [9.17, 15) is 19.2 Å². The van der Waals surface area contributed by atoms with Crippen LogP contribution in [-0.4, -0.2) is 48.9 Å². The summed E-state index contributed by atoms with van der Waals surface area (Å²) in [5.41, 5.74) is 5.41. The van der Waals surface area contributed by atoms with Crippen molar-refractivity contribution in [2.24, 2.45) is 0 Å². The summed E-state index contributed by atoms with van der Waals surface area (Å²) in [6, 6.07) is 11.5. The number of benzene rings is 2. The fourth-order valence-electron chi connectivity index (χ4n) is 4.48. The van der Waals surface area contributed by atoms with Crippen molar-refractivity contribution >= 4 is 23.8 Å². The minimum absolute atomic E-state index is 0.235. The van der Waals surface area contributed by atoms with Crippen LogP contribution < -0.4 is 25.6 Å². The number of hydrogen-bond donors (Lipinski definition) is 3. The van der Waals surface area contributed by atoms with Crippen LogP contribution in [0, 0.1) is 0 Å². The number of nitrogens with one attached hydrogen (secondary N) is 3. The summed E-state index contributed by atoms with van der Waals surface area (Å²) in [6.07, 6.45) is 2.85. The van der Waals surface area contributed by atoms with Crippen molar-refractivity contribution < 1.29 is 28.7 Å². The molecule has 0 radical (unpaired) electrons. The third kappa shape index (κ3) is 4.64. The molecule has 184 valence electrons. The van der Waals surface area contributed by atoms with Crippen molar-refractivity contribution in [1.82, 2.24) is 21.1 Å². The maximum absolute atomic E-state index is 13.3. The van der Waals surface area contributed by atoms with Gasteiger partial charge in [-0.3, -0.25) is 30.1 Å². The number of fused-ring (bicyclic) bond motifs is 2. The Morgan fingerprint density at radius 2 is 1.91 bits per heavy atom. The van der Waals surface area contributed by atoms with Gasteiger partial charge >= 0.3 is 6.03 Å². The van der Waals surface area contributed by atoms with Gasteiger partial charge < -0.3 is 14.8 Å². The fraction of sp³-hybridized carbons (Fsp3) is 0.360. The van der Waals surface area contributed by atoms with Gasteiger partial charge in [0.25, 0.3) is 17.7 Å². The lowest BCUT2D eigenvalue weighted by molar-refractivity contribution is -0.135. The molecule has 1 aliphatic carbocycles. The number of rotatable bonds is 7. The molecule has 1 heterocycles. The van der Waals surface area contributed by atoms with Gasteiger partial charge in [0, 0.05) is 5.56 Å². The molecule has 3 N–H and O–H groups in total. The molecule has 1 spiro atoms. The SMILES string of the molecule is CCCOc1ccc(C(=O)NNC(=O)CN2C(=O)NC3(CCCc4ccccc43)C2=O)cc1OC. The molecule has 10 heteroatoms. The summed E-state index contributed by atoms with van der Waals surface area (Å²) in [5, 5.41) is 2.80. The predicted molar refractivity (Wildman–Crippen MR) is 126 cm³/mol. The number of carbonyl (C=O) groups is 4. The molecule has 2 aromatic rings. The fourth-order valence-corrected chi connectivity index (χ4v) is 4.48. The second kappa shape index (κ2) is 10.0. The number of hydrazine groups is 1. The lowest BCUT2D eigenvalue weighted by atomic mass is 9.76. The number of aryl methyl sites for hydroxylation is 1. The van der Waals surface area contributed by atoms with Gasteiger partial charge in [-0.25, -0.2) is 4.79 Å². The molecule has 0 saturated carbocycles. The largest absolute Gasteiger partial charge is 0.493 e. The van der Waals surface area contributed by atoms with E-state index in [4.69, 9.17) is 9.47 Å². The van der Waals surface area contributed by atoms with E-state index in [2.05, 4.69) is 16.2 Å². The Labute approximate surface area is 202 Å². The Morgan fingerprint density at radius 1 is 1.11 bits per heavy atom. The molecular formula is C25H28N4O6. The van der Waals surface area contributed by atoms with Crippen LogP contribution in [0.5, 0.6) is 11.5 Å². The molecule has 1 saturated heterocycles. The minimum atomic E-state index is -1.16. The zero-order valence-electron chi connectivity index (χ0n) is 19.7. The second-order valence-corrected chi connectivity index (χ2v) is 8.45. The number of carbonyl (C=O) groups excluding carboxylic acids is 4. The summed E-state index contributed by atoms with van der Waals surface area (Å²) in [7, 11) is 1.47. The number of nitrogens with zero attached hydrogens (tertiary/aromatic N) is 1. The molecule has 1 atom stereocenters. The molecule has 35 heavy (non-hydrogen) atoms. The number of hydrogen-bond acceptors (Lipinski definition) is 6. The first-order chi connectivity index (χ1) is 16.9. The number of methoxy groups -OCH3 is 1. The predicted octanol–water partition coefficient (Wildman–Crippen LogP) is 2.03. The van der Waals surface area contributed by atoms with Crippen molar-refractivity contribution in [3.63, 3.8) is 0 Å². The van der Waals surface area contributed by atoms with Crippen LogP contribution in [0.4, 0.5) is 4.79 Å². The lowest BCUT2D eigenvalue weighted by Gasteiger charge is -2.33. The van der Waals surface area contributed by atoms with Gasteiger partial charge in [-0.1, -0.05) is 31.2 Å².